The van der Waals surface area contributed by atoms with Crippen LogP contribution in [-0.4, -0.2) is 51.5 Å². The van der Waals surface area contributed by atoms with Crippen LogP contribution in [0.15, 0.2) is 84.2 Å². The van der Waals surface area contributed by atoms with Crippen LogP contribution >= 0.6 is 0 Å². The number of hydrogen-bond donors (Lipinski definition) is 3. The Bertz CT molecular complexity index is 1790. The first-order chi connectivity index (χ1) is 20.6. The first-order valence-corrected chi connectivity index (χ1v) is 12.7. The molecule has 2 aromatic heterocycles. The van der Waals surface area contributed by atoms with Gasteiger partial charge in [-0.1, -0.05) is 42.3 Å². The van der Waals surface area contributed by atoms with E-state index in [-0.39, 0.29) is 6.42 Å². The van der Waals surface area contributed by atoms with E-state index in [1.165, 1.54) is 7.05 Å². The van der Waals surface area contributed by atoms with Gasteiger partial charge in [-0.2, -0.15) is 13.2 Å². The number of esters is 1. The van der Waals surface area contributed by atoms with Crippen LogP contribution in [0.5, 0.6) is 0 Å². The lowest BCUT2D eigenvalue weighted by molar-refractivity contribution is -0.191. The highest BCUT2D eigenvalue weighted by Crippen LogP contribution is 2.32. The third-order valence-electron chi connectivity index (χ3n) is 6.18. The van der Waals surface area contributed by atoms with Crippen LogP contribution in [0.2, 0.25) is 0 Å². The van der Waals surface area contributed by atoms with Gasteiger partial charge in [-0.25, -0.2) is 24.4 Å². The minimum Gasteiger partial charge on any atom is -0.403 e. The van der Waals surface area contributed by atoms with E-state index in [0.717, 1.165) is 5.01 Å². The molecule has 218 valence electrons. The summed E-state index contributed by atoms with van der Waals surface area (Å²) in [7, 11) is 1.50. The summed E-state index contributed by atoms with van der Waals surface area (Å²) in [5, 5.41) is 12.7. The van der Waals surface area contributed by atoms with E-state index in [1.807, 2.05) is 0 Å². The fraction of sp³-hybridized carbons (Fsp3) is 0.138. The van der Waals surface area contributed by atoms with Gasteiger partial charge in [0, 0.05) is 24.5 Å². The van der Waals surface area contributed by atoms with Crippen LogP contribution in [0.3, 0.4) is 0 Å². The third kappa shape index (κ3) is 6.57. The minimum atomic E-state index is -5.21. The molecule has 2 aromatic carbocycles. The number of carbonyl (C=O) groups excluding carboxylic acids is 3. The van der Waals surface area contributed by atoms with Gasteiger partial charge >= 0.3 is 24.2 Å². The molecule has 1 aliphatic rings. The van der Waals surface area contributed by atoms with Gasteiger partial charge in [-0.15, -0.1) is 5.10 Å². The zero-order valence-corrected chi connectivity index (χ0v) is 22.3. The number of aromatic nitrogens is 2. The predicted octanol–water partition coefficient (Wildman–Crippen LogP) is 4.88. The second-order valence-corrected chi connectivity index (χ2v) is 9.08. The summed E-state index contributed by atoms with van der Waals surface area (Å²) < 4.78 is 44.4. The molecule has 0 bridgehead atoms. The zero-order chi connectivity index (χ0) is 30.6. The number of urea groups is 2. The minimum absolute atomic E-state index is 0.232. The summed E-state index contributed by atoms with van der Waals surface area (Å²) in [6, 6.07) is 16.6. The maximum absolute atomic E-state index is 13.2. The number of nitrogens with one attached hydrogen (secondary N) is 3. The Morgan fingerprint density at radius 1 is 1.00 bits per heavy atom. The van der Waals surface area contributed by atoms with Gasteiger partial charge in [0.1, 0.15) is 5.69 Å². The lowest BCUT2D eigenvalue weighted by atomic mass is 10.0. The van der Waals surface area contributed by atoms with E-state index < -0.39 is 36.1 Å². The number of halogens is 3. The molecule has 4 aromatic rings. The second kappa shape index (κ2) is 12.0. The third-order valence-corrected chi connectivity index (χ3v) is 6.18. The second-order valence-electron chi connectivity index (χ2n) is 9.08. The van der Waals surface area contributed by atoms with Crippen molar-refractivity contribution in [2.75, 3.05) is 17.7 Å². The molecule has 43 heavy (non-hydrogen) atoms. The highest BCUT2D eigenvalue weighted by atomic mass is 19.4. The molecule has 5 rings (SSSR count). The normalized spacial score (nSPS) is 14.4. The van der Waals surface area contributed by atoms with Crippen molar-refractivity contribution in [1.29, 1.82) is 0 Å². The summed E-state index contributed by atoms with van der Waals surface area (Å²) in [5.41, 5.74) is 3.00. The molecule has 14 heteroatoms. The molecule has 3 N–H and O–H groups in total. The van der Waals surface area contributed by atoms with Gasteiger partial charge < -0.3 is 20.7 Å². The van der Waals surface area contributed by atoms with E-state index in [1.54, 1.807) is 83.5 Å². The van der Waals surface area contributed by atoms with E-state index in [9.17, 15) is 27.6 Å². The fourth-order valence-electron chi connectivity index (χ4n) is 4.21. The fourth-order valence-corrected chi connectivity index (χ4v) is 4.21. The molecule has 4 amide bonds. The summed E-state index contributed by atoms with van der Waals surface area (Å²) >= 11 is 0. The van der Waals surface area contributed by atoms with Gasteiger partial charge in [0.15, 0.2) is 5.65 Å². The van der Waals surface area contributed by atoms with Gasteiger partial charge in [-0.3, -0.25) is 4.40 Å². The van der Waals surface area contributed by atoms with Gasteiger partial charge in [-0.05, 0) is 41.8 Å². The molecule has 1 unspecified atom stereocenters. The van der Waals surface area contributed by atoms with Crippen molar-refractivity contribution < 1.29 is 32.3 Å². The van der Waals surface area contributed by atoms with E-state index in [2.05, 4.69) is 42.6 Å². The molecule has 0 saturated heterocycles. The highest BCUT2D eigenvalue weighted by molar-refractivity contribution is 5.96. The van der Waals surface area contributed by atoms with Gasteiger partial charge in [0.25, 0.3) is 0 Å². The maximum Gasteiger partial charge on any atom is 0.491 e. The summed E-state index contributed by atoms with van der Waals surface area (Å²) in [4.78, 5) is 40.7. The number of carbonyl (C=O) groups is 3. The van der Waals surface area contributed by atoms with Crippen molar-refractivity contribution in [3.8, 4) is 11.8 Å². The molecule has 0 spiro atoms. The number of anilines is 2. The van der Waals surface area contributed by atoms with Crippen LogP contribution in [-0.2, 0) is 9.53 Å². The molecule has 0 aliphatic carbocycles. The molecule has 0 radical (unpaired) electrons. The molecular weight excluding hydrogens is 567 g/mol. The average molecular weight is 590 g/mol. The highest BCUT2D eigenvalue weighted by Gasteiger charge is 2.44. The summed E-state index contributed by atoms with van der Waals surface area (Å²) in [6.45, 7) is 0. The zero-order valence-electron chi connectivity index (χ0n) is 22.3. The number of hydrogen-bond acceptors (Lipinski definition) is 6. The van der Waals surface area contributed by atoms with Gasteiger partial charge in [0.2, 0.25) is 5.90 Å². The Morgan fingerprint density at radius 2 is 1.79 bits per heavy atom. The molecule has 1 aliphatic heterocycles. The van der Waals surface area contributed by atoms with Crippen LogP contribution in [0, 0.1) is 11.8 Å². The maximum atomic E-state index is 13.2. The molecule has 11 nitrogen and oxygen atoms in total. The molecule has 3 heterocycles. The number of rotatable bonds is 3. The monoisotopic (exact) mass is 589 g/mol. The van der Waals surface area contributed by atoms with Crippen LogP contribution in [0.4, 0.5) is 34.1 Å². The van der Waals surface area contributed by atoms with Crippen molar-refractivity contribution in [1.82, 2.24) is 19.7 Å². The number of pyridine rings is 1. The summed E-state index contributed by atoms with van der Waals surface area (Å²) in [5.74, 6) is 3.07. The number of imidazole rings is 1. The van der Waals surface area contributed by atoms with Crippen molar-refractivity contribution in [3.05, 3.63) is 95.9 Å². The van der Waals surface area contributed by atoms with E-state index in [4.69, 9.17) is 0 Å². The molecular formula is C29H22F3N7O4. The van der Waals surface area contributed by atoms with E-state index >= 15 is 0 Å². The SMILES string of the molecule is CNC(=O)Nc1cccn2c(C#Cc3cccc(NC(=O)N4N=C(OC(=O)C(F)(F)F)CC4c4ccccc4)c3)cnc12. The van der Waals surface area contributed by atoms with Crippen molar-refractivity contribution >= 4 is 41.0 Å². The van der Waals surface area contributed by atoms with Crippen molar-refractivity contribution in [2.24, 2.45) is 5.10 Å². The number of amides is 4. The van der Waals surface area contributed by atoms with Crippen LogP contribution < -0.4 is 16.0 Å². The van der Waals surface area contributed by atoms with Crippen molar-refractivity contribution in [3.63, 3.8) is 0 Å². The van der Waals surface area contributed by atoms with Crippen LogP contribution in [0.25, 0.3) is 5.65 Å². The van der Waals surface area contributed by atoms with Crippen molar-refractivity contribution in [2.45, 2.75) is 18.6 Å². The standard InChI is InChI=1S/C29H22F3N7O4/c1-33-27(41)36-22-11-6-14-38-21(17-34-25(22)38)13-12-18-7-5-10-20(15-18)35-28(42)39-23(19-8-3-2-4-9-19)16-24(37-39)43-26(40)29(30,31)32/h2-11,14-15,17,23H,16H2,1H3,(H,35,42)(H2,33,36,41). The Labute approximate surface area is 242 Å². The quantitative estimate of drug-likeness (QED) is 0.232. The smallest absolute Gasteiger partial charge is 0.403 e. The largest absolute Gasteiger partial charge is 0.491 e. The van der Waals surface area contributed by atoms with Crippen LogP contribution in [0.1, 0.15) is 29.3 Å². The lowest BCUT2D eigenvalue weighted by Gasteiger charge is -2.22. The number of hydrazone groups is 1. The Balaban J connectivity index is 1.35. The number of ether oxygens (including phenoxy) is 1. The first-order valence-electron chi connectivity index (χ1n) is 12.7. The van der Waals surface area contributed by atoms with Gasteiger partial charge in [0.05, 0.1) is 24.3 Å². The predicted molar refractivity (Wildman–Crippen MR) is 150 cm³/mol. The average Bonchev–Trinajstić information content (AvgIpc) is 3.61. The Kier molecular flexibility index (Phi) is 7.97. The lowest BCUT2D eigenvalue weighted by Crippen LogP contribution is -2.31. The molecule has 1 atom stereocenters. The molecule has 0 saturated carbocycles. The Morgan fingerprint density at radius 3 is 2.53 bits per heavy atom. The topological polar surface area (TPSA) is 129 Å². The molecule has 0 fully saturated rings. The number of fused-ring (bicyclic) bond motifs is 1. The Hall–Kier alpha value is -5.84. The first kappa shape index (κ1) is 28.7. The summed E-state index contributed by atoms with van der Waals surface area (Å²) in [6.07, 6.45) is -2.14. The number of alkyl halides is 3. The number of benzene rings is 2. The number of nitrogens with zero attached hydrogens (tertiary/aromatic N) is 4. The van der Waals surface area contributed by atoms with E-state index in [0.29, 0.717) is 33.8 Å².